The molecule has 0 saturated carbocycles. The van der Waals surface area contributed by atoms with Crippen molar-refractivity contribution in [1.82, 2.24) is 0 Å². The predicted molar refractivity (Wildman–Crippen MR) is 50.0 cm³/mol. The summed E-state index contributed by atoms with van der Waals surface area (Å²) in [7, 11) is 0. The Labute approximate surface area is 72.9 Å². The Morgan fingerprint density at radius 1 is 1.30 bits per heavy atom. The van der Waals surface area contributed by atoms with Crippen LogP contribution in [0.15, 0.2) is 30.3 Å². The third kappa shape index (κ3) is 2.26. The third-order valence-corrected chi connectivity index (χ3v) is 4.08. The Balaban J connectivity index is 3.09. The van der Waals surface area contributed by atoms with Crippen LogP contribution >= 0.6 is 17.2 Å². The molecule has 1 nitrogen and oxygen atoms in total. The SMILES string of the molecule is OP(S)(=[Se])c1ccccc1. The van der Waals surface area contributed by atoms with Crippen molar-refractivity contribution in [2.45, 2.75) is 0 Å². The first kappa shape index (κ1) is 8.57. The number of benzene rings is 1. The molecular weight excluding hydrogens is 230 g/mol. The molecule has 0 spiro atoms. The minimum absolute atomic E-state index is 0.873. The van der Waals surface area contributed by atoms with Gasteiger partial charge in [0, 0.05) is 0 Å². The van der Waals surface area contributed by atoms with Gasteiger partial charge in [-0.2, -0.15) is 0 Å². The molecule has 0 saturated heterocycles. The van der Waals surface area contributed by atoms with Crippen molar-refractivity contribution in [3.05, 3.63) is 30.3 Å². The van der Waals surface area contributed by atoms with Gasteiger partial charge in [0.2, 0.25) is 0 Å². The zero-order valence-electron chi connectivity index (χ0n) is 5.14. The van der Waals surface area contributed by atoms with Crippen molar-refractivity contribution in [3.8, 4) is 0 Å². The second-order valence-electron chi connectivity index (χ2n) is 1.88. The topological polar surface area (TPSA) is 20.2 Å². The first-order valence-electron chi connectivity index (χ1n) is 2.72. The van der Waals surface area contributed by atoms with Gasteiger partial charge >= 0.3 is 72.8 Å². The fourth-order valence-corrected chi connectivity index (χ4v) is 2.35. The molecule has 0 amide bonds. The van der Waals surface area contributed by atoms with Gasteiger partial charge in [-0.25, -0.2) is 0 Å². The van der Waals surface area contributed by atoms with Gasteiger partial charge in [0.05, 0.1) is 0 Å². The molecule has 0 aliphatic carbocycles. The first-order valence-corrected chi connectivity index (χ1v) is 7.83. The molecule has 0 fully saturated rings. The van der Waals surface area contributed by atoms with Crippen molar-refractivity contribution in [3.63, 3.8) is 0 Å². The minimum atomic E-state index is -2.20. The summed E-state index contributed by atoms with van der Waals surface area (Å²) in [4.78, 5) is 7.21. The molecule has 0 aliphatic rings. The first-order chi connectivity index (χ1) is 4.61. The molecule has 10 heavy (non-hydrogen) atoms. The summed E-state index contributed by atoms with van der Waals surface area (Å²) in [6.45, 7) is 0. The van der Waals surface area contributed by atoms with Crippen LogP contribution in [0.5, 0.6) is 0 Å². The zero-order valence-corrected chi connectivity index (χ0v) is 8.64. The van der Waals surface area contributed by atoms with Crippen molar-refractivity contribution in [1.29, 1.82) is 0 Å². The second kappa shape index (κ2) is 3.25. The summed E-state index contributed by atoms with van der Waals surface area (Å²) in [5, 5.41) is 0.873. The van der Waals surface area contributed by atoms with E-state index in [-0.39, 0.29) is 0 Å². The van der Waals surface area contributed by atoms with Crippen LogP contribution in [0.4, 0.5) is 0 Å². The van der Waals surface area contributed by atoms with Gasteiger partial charge in [-0.15, -0.1) is 0 Å². The van der Waals surface area contributed by atoms with E-state index in [9.17, 15) is 4.89 Å². The molecule has 1 aromatic rings. The van der Waals surface area contributed by atoms with Crippen LogP contribution in [-0.2, 0) is 0 Å². The third-order valence-electron chi connectivity index (χ3n) is 1.09. The van der Waals surface area contributed by atoms with Crippen molar-refractivity contribution >= 4 is 37.6 Å². The van der Waals surface area contributed by atoms with E-state index in [4.69, 9.17) is 0 Å². The molecule has 1 atom stereocenters. The van der Waals surface area contributed by atoms with Crippen LogP contribution in [0, 0.1) is 0 Å². The van der Waals surface area contributed by atoms with Crippen molar-refractivity contribution in [2.75, 3.05) is 0 Å². The molecule has 1 aromatic carbocycles. The summed E-state index contributed by atoms with van der Waals surface area (Å²) in [6.07, 6.45) is 0. The van der Waals surface area contributed by atoms with Crippen LogP contribution in [0.1, 0.15) is 0 Å². The Morgan fingerprint density at radius 3 is 2.10 bits per heavy atom. The molecule has 0 radical (unpaired) electrons. The van der Waals surface area contributed by atoms with Gasteiger partial charge in [-0.3, -0.25) is 0 Å². The van der Waals surface area contributed by atoms with E-state index in [1.54, 1.807) is 0 Å². The van der Waals surface area contributed by atoms with Gasteiger partial charge in [0.15, 0.2) is 0 Å². The number of hydrogen-bond donors (Lipinski definition) is 2. The Kier molecular flexibility index (Phi) is 2.79. The summed E-state index contributed by atoms with van der Waals surface area (Å²) in [5.74, 6) is 0. The molecule has 1 unspecified atom stereocenters. The van der Waals surface area contributed by atoms with Crippen LogP contribution in [0.3, 0.4) is 0 Å². The average molecular weight is 237 g/mol. The van der Waals surface area contributed by atoms with Crippen LogP contribution in [-0.4, -0.2) is 20.0 Å². The van der Waals surface area contributed by atoms with E-state index in [0.29, 0.717) is 0 Å². The maximum absolute atomic E-state index is 9.41. The van der Waals surface area contributed by atoms with Crippen molar-refractivity contribution < 1.29 is 4.89 Å². The van der Waals surface area contributed by atoms with E-state index in [0.717, 1.165) is 5.30 Å². The summed E-state index contributed by atoms with van der Waals surface area (Å²) < 4.78 is 0. The predicted octanol–water partition coefficient (Wildman–Crippen LogP) is 1.17. The van der Waals surface area contributed by atoms with Crippen LogP contribution in [0.25, 0.3) is 0 Å². The quantitative estimate of drug-likeness (QED) is 0.426. The standard InChI is InChI=1S/C6H7OPSSe/c7-8(9,10)6-4-2-1-3-5-6/h1-5H,(H2,7,9,10). The summed E-state index contributed by atoms with van der Waals surface area (Å²) in [6, 6.07) is 9.39. The Morgan fingerprint density at radius 2 is 1.80 bits per heavy atom. The van der Waals surface area contributed by atoms with E-state index in [1.807, 2.05) is 30.3 Å². The Hall–Kier alpha value is 0.479. The van der Waals surface area contributed by atoms with Crippen LogP contribution in [0.2, 0.25) is 0 Å². The molecule has 1 rings (SSSR count). The summed E-state index contributed by atoms with van der Waals surface area (Å²) in [5.41, 5.74) is 0. The molecule has 0 aromatic heterocycles. The van der Waals surface area contributed by atoms with Gasteiger partial charge in [-0.05, 0) is 0 Å². The van der Waals surface area contributed by atoms with E-state index in [1.165, 1.54) is 0 Å². The monoisotopic (exact) mass is 238 g/mol. The average Bonchev–Trinajstić information content (AvgIpc) is 1.88. The van der Waals surface area contributed by atoms with Gasteiger partial charge in [0.1, 0.15) is 0 Å². The van der Waals surface area contributed by atoms with Gasteiger partial charge in [-0.1, -0.05) is 0 Å². The van der Waals surface area contributed by atoms with E-state index >= 15 is 0 Å². The maximum atomic E-state index is 9.41. The molecule has 4 heteroatoms. The summed E-state index contributed by atoms with van der Waals surface area (Å²) >= 11 is 6.72. The number of thiol groups is 1. The molecule has 0 bridgehead atoms. The normalized spacial score (nSPS) is 16.2. The number of rotatable bonds is 1. The molecular formula is C6H7OPSSe. The fourth-order valence-electron chi connectivity index (χ4n) is 0.622. The molecule has 1 N–H and O–H groups in total. The molecule has 0 aliphatic heterocycles. The van der Waals surface area contributed by atoms with Gasteiger partial charge < -0.3 is 0 Å². The van der Waals surface area contributed by atoms with E-state index < -0.39 is 4.94 Å². The van der Waals surface area contributed by atoms with Crippen LogP contribution < -0.4 is 5.30 Å². The fraction of sp³-hybridized carbons (Fsp3) is 0. The van der Waals surface area contributed by atoms with Crippen molar-refractivity contribution in [2.24, 2.45) is 0 Å². The molecule has 0 heterocycles. The number of hydrogen-bond acceptors (Lipinski definition) is 2. The molecule has 54 valence electrons. The zero-order chi connectivity index (χ0) is 7.61. The Bertz CT molecular complexity index is 256. The second-order valence-corrected chi connectivity index (χ2v) is 10.4. The van der Waals surface area contributed by atoms with Gasteiger partial charge in [0.25, 0.3) is 0 Å². The van der Waals surface area contributed by atoms with E-state index in [2.05, 4.69) is 27.3 Å².